The van der Waals surface area contributed by atoms with Crippen molar-refractivity contribution in [1.82, 2.24) is 4.90 Å². The lowest BCUT2D eigenvalue weighted by Gasteiger charge is -2.23. The number of rotatable bonds is 2. The van der Waals surface area contributed by atoms with Crippen molar-refractivity contribution >= 4 is 0 Å². The molecular weight excluding hydrogens is 143 g/mol. The molecule has 0 radical (unpaired) electrons. The Kier molecular flexibility index (Phi) is 3.02. The van der Waals surface area contributed by atoms with Gasteiger partial charge in [-0.25, -0.2) is 4.39 Å². The number of hydrogen-bond acceptors (Lipinski definition) is 2. The summed E-state index contributed by atoms with van der Waals surface area (Å²) < 4.78 is 12.9. The molecule has 64 valence electrons. The van der Waals surface area contributed by atoms with Gasteiger partial charge >= 0.3 is 0 Å². The molecular formula is C8H15FN2. The van der Waals surface area contributed by atoms with Crippen LogP contribution in [0, 0.1) is 0 Å². The van der Waals surface area contributed by atoms with E-state index in [-0.39, 0.29) is 6.54 Å². The highest BCUT2D eigenvalue weighted by molar-refractivity contribution is 5.12. The normalized spacial score (nSPS) is 23.0. The van der Waals surface area contributed by atoms with E-state index in [1.54, 1.807) is 0 Å². The predicted octanol–water partition coefficient (Wildman–Crippen LogP) is 0.545. The Balaban J connectivity index is 2.47. The molecule has 11 heavy (non-hydrogen) atoms. The number of nitrogens with zero attached hydrogens (tertiary/aromatic N) is 1. The summed E-state index contributed by atoms with van der Waals surface area (Å²) in [6, 6.07) is 0. The first-order valence-electron chi connectivity index (χ1n) is 3.95. The maximum Gasteiger partial charge on any atom is 0.133 e. The molecule has 3 heteroatoms. The van der Waals surface area contributed by atoms with Gasteiger partial charge in [0.1, 0.15) is 6.17 Å². The van der Waals surface area contributed by atoms with E-state index in [0.717, 1.165) is 25.1 Å². The zero-order valence-corrected chi connectivity index (χ0v) is 6.89. The van der Waals surface area contributed by atoms with Gasteiger partial charge in [-0.05, 0) is 19.0 Å². The van der Waals surface area contributed by atoms with Crippen LogP contribution >= 0.6 is 0 Å². The molecule has 1 rings (SSSR count). The summed E-state index contributed by atoms with van der Waals surface area (Å²) in [6.45, 7) is 1.93. The van der Waals surface area contributed by atoms with Gasteiger partial charge in [-0.2, -0.15) is 0 Å². The zero-order chi connectivity index (χ0) is 8.27. The average Bonchev–Trinajstić information content (AvgIpc) is 2.05. The molecule has 2 N–H and O–H groups in total. The van der Waals surface area contributed by atoms with Gasteiger partial charge in [0.2, 0.25) is 0 Å². The number of halogens is 1. The van der Waals surface area contributed by atoms with Crippen LogP contribution in [0.25, 0.3) is 0 Å². The number of hydrogen-bond donors (Lipinski definition) is 1. The van der Waals surface area contributed by atoms with E-state index in [2.05, 4.69) is 4.90 Å². The van der Waals surface area contributed by atoms with Gasteiger partial charge in [0.25, 0.3) is 0 Å². The van der Waals surface area contributed by atoms with Crippen molar-refractivity contribution < 1.29 is 4.39 Å². The minimum absolute atomic E-state index is 0.121. The summed E-state index contributed by atoms with van der Waals surface area (Å²) in [4.78, 5) is 2.16. The van der Waals surface area contributed by atoms with Gasteiger partial charge in [-0.1, -0.05) is 6.08 Å². The fourth-order valence-electron chi connectivity index (χ4n) is 1.22. The first kappa shape index (κ1) is 8.68. The summed E-state index contributed by atoms with van der Waals surface area (Å²) in [6.07, 6.45) is 1.86. The van der Waals surface area contributed by atoms with E-state index in [4.69, 9.17) is 5.73 Å². The molecule has 0 bridgehead atoms. The van der Waals surface area contributed by atoms with Crippen molar-refractivity contribution in [2.24, 2.45) is 5.73 Å². The van der Waals surface area contributed by atoms with Gasteiger partial charge in [0, 0.05) is 19.6 Å². The predicted molar refractivity (Wildman–Crippen MR) is 44.1 cm³/mol. The smallest absolute Gasteiger partial charge is 0.133 e. The molecule has 0 aromatic heterocycles. The Morgan fingerprint density at radius 2 is 2.55 bits per heavy atom. The van der Waals surface area contributed by atoms with Crippen molar-refractivity contribution in [3.63, 3.8) is 0 Å². The number of nitrogens with two attached hydrogens (primary N) is 1. The third kappa shape index (κ3) is 2.27. The standard InChI is InChI=1S/C8H15FN2/c1-11-4-2-7(3-5-11)8(9)6-10/h2,8H,3-6,10H2,1H3. The second-order valence-corrected chi connectivity index (χ2v) is 2.99. The maximum atomic E-state index is 12.9. The molecule has 1 aliphatic rings. The largest absolute Gasteiger partial charge is 0.327 e. The molecule has 0 aromatic rings. The molecule has 0 fully saturated rings. The molecule has 0 aromatic carbocycles. The van der Waals surface area contributed by atoms with Crippen LogP contribution in [0.15, 0.2) is 11.6 Å². The van der Waals surface area contributed by atoms with Gasteiger partial charge in [-0.3, -0.25) is 0 Å². The summed E-state index contributed by atoms with van der Waals surface area (Å²) in [7, 11) is 2.03. The van der Waals surface area contributed by atoms with Crippen molar-refractivity contribution in [2.45, 2.75) is 12.6 Å². The van der Waals surface area contributed by atoms with Crippen molar-refractivity contribution in [3.05, 3.63) is 11.6 Å². The van der Waals surface area contributed by atoms with Gasteiger partial charge < -0.3 is 10.6 Å². The van der Waals surface area contributed by atoms with E-state index in [0.29, 0.717) is 0 Å². The molecule has 0 amide bonds. The highest BCUT2D eigenvalue weighted by Crippen LogP contribution is 2.14. The topological polar surface area (TPSA) is 29.3 Å². The lowest BCUT2D eigenvalue weighted by atomic mass is 10.0. The van der Waals surface area contributed by atoms with Gasteiger partial charge in [0.15, 0.2) is 0 Å². The molecule has 1 aliphatic heterocycles. The zero-order valence-electron chi connectivity index (χ0n) is 6.89. The molecule has 0 spiro atoms. The van der Waals surface area contributed by atoms with E-state index in [9.17, 15) is 4.39 Å². The van der Waals surface area contributed by atoms with Crippen LogP contribution in [-0.2, 0) is 0 Å². The fourth-order valence-corrected chi connectivity index (χ4v) is 1.22. The van der Waals surface area contributed by atoms with Crippen LogP contribution in [0.1, 0.15) is 6.42 Å². The maximum absolute atomic E-state index is 12.9. The van der Waals surface area contributed by atoms with Crippen molar-refractivity contribution in [2.75, 3.05) is 26.7 Å². The van der Waals surface area contributed by atoms with Crippen molar-refractivity contribution in [1.29, 1.82) is 0 Å². The highest BCUT2D eigenvalue weighted by atomic mass is 19.1. The highest BCUT2D eigenvalue weighted by Gasteiger charge is 2.14. The van der Waals surface area contributed by atoms with Crippen LogP contribution in [0.2, 0.25) is 0 Å². The second kappa shape index (κ2) is 3.83. The molecule has 1 atom stereocenters. The Morgan fingerprint density at radius 3 is 3.00 bits per heavy atom. The minimum Gasteiger partial charge on any atom is -0.327 e. The van der Waals surface area contributed by atoms with E-state index in [1.165, 1.54) is 0 Å². The molecule has 1 unspecified atom stereocenters. The summed E-state index contributed by atoms with van der Waals surface area (Å²) in [5.41, 5.74) is 6.09. The Morgan fingerprint density at radius 1 is 1.82 bits per heavy atom. The molecule has 2 nitrogen and oxygen atoms in total. The summed E-state index contributed by atoms with van der Waals surface area (Å²) >= 11 is 0. The quantitative estimate of drug-likeness (QED) is 0.594. The molecule has 1 heterocycles. The minimum atomic E-state index is -0.913. The first-order chi connectivity index (χ1) is 5.24. The SMILES string of the molecule is CN1CC=C(C(F)CN)CC1. The van der Waals surface area contributed by atoms with Crippen LogP contribution in [0.3, 0.4) is 0 Å². The monoisotopic (exact) mass is 158 g/mol. The van der Waals surface area contributed by atoms with Crippen LogP contribution in [0.4, 0.5) is 4.39 Å². The molecule has 0 aliphatic carbocycles. The average molecular weight is 158 g/mol. The van der Waals surface area contributed by atoms with E-state index in [1.807, 2.05) is 13.1 Å². The fraction of sp³-hybridized carbons (Fsp3) is 0.750. The van der Waals surface area contributed by atoms with Gasteiger partial charge in [-0.15, -0.1) is 0 Å². The summed E-state index contributed by atoms with van der Waals surface area (Å²) in [5, 5.41) is 0. The Bertz CT molecular complexity index is 156. The first-order valence-corrected chi connectivity index (χ1v) is 3.95. The molecule has 0 saturated carbocycles. The number of likely N-dealkylation sites (N-methyl/N-ethyl adjacent to an activating group) is 1. The van der Waals surface area contributed by atoms with E-state index < -0.39 is 6.17 Å². The molecule has 0 saturated heterocycles. The second-order valence-electron chi connectivity index (χ2n) is 2.99. The Labute approximate surface area is 66.9 Å². The third-order valence-electron chi connectivity index (χ3n) is 2.06. The van der Waals surface area contributed by atoms with Crippen LogP contribution in [0.5, 0.6) is 0 Å². The lowest BCUT2D eigenvalue weighted by molar-refractivity contribution is 0.319. The van der Waals surface area contributed by atoms with E-state index >= 15 is 0 Å². The van der Waals surface area contributed by atoms with Gasteiger partial charge in [0.05, 0.1) is 0 Å². The lowest BCUT2D eigenvalue weighted by Crippen LogP contribution is -2.28. The van der Waals surface area contributed by atoms with Crippen molar-refractivity contribution in [3.8, 4) is 0 Å². The summed E-state index contributed by atoms with van der Waals surface area (Å²) in [5.74, 6) is 0. The Hall–Kier alpha value is -0.410. The van der Waals surface area contributed by atoms with Crippen LogP contribution < -0.4 is 5.73 Å². The number of alkyl halides is 1. The third-order valence-corrected chi connectivity index (χ3v) is 2.06. The van der Waals surface area contributed by atoms with Crippen LogP contribution in [-0.4, -0.2) is 37.8 Å².